The van der Waals surface area contributed by atoms with Gasteiger partial charge in [0.25, 0.3) is 0 Å². The Balaban J connectivity index is 2.16. The van der Waals surface area contributed by atoms with Crippen molar-refractivity contribution < 1.29 is 0 Å². The molecule has 112 valence electrons. The topological polar surface area (TPSA) is 37.8 Å². The van der Waals surface area contributed by atoms with E-state index < -0.39 is 0 Å². The van der Waals surface area contributed by atoms with E-state index >= 15 is 0 Å². The Morgan fingerprint density at radius 2 is 1.76 bits per heavy atom. The van der Waals surface area contributed by atoms with Crippen molar-refractivity contribution in [3.05, 3.63) is 54.4 Å². The van der Waals surface area contributed by atoms with Crippen LogP contribution in [-0.4, -0.2) is 21.8 Å². The lowest BCUT2D eigenvalue weighted by atomic mass is 10.0. The Bertz CT molecular complexity index is 504. The van der Waals surface area contributed by atoms with E-state index in [2.05, 4.69) is 59.5 Å². The highest BCUT2D eigenvalue weighted by Crippen LogP contribution is 2.32. The van der Waals surface area contributed by atoms with Gasteiger partial charge in [-0.05, 0) is 31.0 Å². The van der Waals surface area contributed by atoms with Crippen molar-refractivity contribution in [3.63, 3.8) is 0 Å². The van der Waals surface area contributed by atoms with Gasteiger partial charge in [-0.2, -0.15) is 0 Å². The van der Waals surface area contributed by atoms with Crippen LogP contribution in [0, 0.1) is 0 Å². The molecule has 0 saturated heterocycles. The highest BCUT2D eigenvalue weighted by Gasteiger charge is 2.23. The van der Waals surface area contributed by atoms with E-state index in [4.69, 9.17) is 0 Å². The average Bonchev–Trinajstić information content (AvgIpc) is 2.56. The van der Waals surface area contributed by atoms with Crippen LogP contribution in [0.3, 0.4) is 0 Å². The van der Waals surface area contributed by atoms with E-state index in [-0.39, 0.29) is 0 Å². The molecular formula is C17H23N3S. The number of hydrogen-bond donors (Lipinski definition) is 1. The maximum absolute atomic E-state index is 4.35. The highest BCUT2D eigenvalue weighted by atomic mass is 32.2. The summed E-state index contributed by atoms with van der Waals surface area (Å²) >= 11 is 1.76. The number of aromatic nitrogens is 2. The summed E-state index contributed by atoms with van der Waals surface area (Å²) in [7, 11) is 0. The summed E-state index contributed by atoms with van der Waals surface area (Å²) < 4.78 is 0. The van der Waals surface area contributed by atoms with Gasteiger partial charge in [0, 0.05) is 23.7 Å². The molecule has 0 fully saturated rings. The first-order chi connectivity index (χ1) is 10.3. The second kappa shape index (κ2) is 8.80. The summed E-state index contributed by atoms with van der Waals surface area (Å²) in [4.78, 5) is 8.69. The lowest BCUT2D eigenvalue weighted by Gasteiger charge is -2.27. The summed E-state index contributed by atoms with van der Waals surface area (Å²) in [5, 5.41) is 4.95. The van der Waals surface area contributed by atoms with E-state index in [1.807, 2.05) is 6.07 Å². The van der Waals surface area contributed by atoms with Crippen LogP contribution in [0.1, 0.15) is 38.3 Å². The van der Waals surface area contributed by atoms with Crippen LogP contribution in [0.5, 0.6) is 0 Å². The molecular weight excluding hydrogens is 278 g/mol. The van der Waals surface area contributed by atoms with Gasteiger partial charge in [-0.3, -0.25) is 0 Å². The lowest BCUT2D eigenvalue weighted by molar-refractivity contribution is 0.504. The summed E-state index contributed by atoms with van der Waals surface area (Å²) in [6.07, 6.45) is 5.81. The summed E-state index contributed by atoms with van der Waals surface area (Å²) in [6, 6.07) is 12.8. The van der Waals surface area contributed by atoms with Crippen molar-refractivity contribution in [2.75, 3.05) is 6.54 Å². The molecule has 0 saturated carbocycles. The van der Waals surface area contributed by atoms with Gasteiger partial charge >= 0.3 is 0 Å². The number of nitrogens with one attached hydrogen (secondary N) is 1. The van der Waals surface area contributed by atoms with Crippen molar-refractivity contribution in [1.82, 2.24) is 15.3 Å². The molecule has 1 N–H and O–H groups in total. The minimum Gasteiger partial charge on any atom is -0.309 e. The third-order valence-electron chi connectivity index (χ3n) is 3.35. The molecule has 4 heteroatoms. The minimum atomic E-state index is 0.324. The van der Waals surface area contributed by atoms with Gasteiger partial charge in [0.2, 0.25) is 0 Å². The monoisotopic (exact) mass is 301 g/mol. The smallest absolute Gasteiger partial charge is 0.187 e. The molecule has 0 aliphatic rings. The zero-order chi connectivity index (χ0) is 14.9. The zero-order valence-corrected chi connectivity index (χ0v) is 13.5. The Morgan fingerprint density at radius 1 is 1.05 bits per heavy atom. The van der Waals surface area contributed by atoms with E-state index in [0.29, 0.717) is 11.3 Å². The quantitative estimate of drug-likeness (QED) is 0.589. The molecule has 2 rings (SSSR count). The maximum atomic E-state index is 4.35. The van der Waals surface area contributed by atoms with Crippen molar-refractivity contribution in [1.29, 1.82) is 0 Å². The van der Waals surface area contributed by atoms with Gasteiger partial charge in [0.1, 0.15) is 0 Å². The average molecular weight is 301 g/mol. The maximum Gasteiger partial charge on any atom is 0.187 e. The first-order valence-corrected chi connectivity index (χ1v) is 8.45. The van der Waals surface area contributed by atoms with Crippen LogP contribution in [0.25, 0.3) is 0 Å². The molecule has 1 aromatic carbocycles. The number of nitrogens with zero attached hydrogens (tertiary/aromatic N) is 2. The normalized spacial score (nSPS) is 13.8. The van der Waals surface area contributed by atoms with Crippen LogP contribution in [0.2, 0.25) is 0 Å². The van der Waals surface area contributed by atoms with Gasteiger partial charge in [0.15, 0.2) is 5.16 Å². The SMILES string of the molecule is CCCNC(c1ccccc1)C(CC)Sc1ncccn1. The zero-order valence-electron chi connectivity index (χ0n) is 12.7. The largest absolute Gasteiger partial charge is 0.309 e. The Hall–Kier alpha value is -1.39. The number of rotatable bonds is 8. The van der Waals surface area contributed by atoms with Crippen LogP contribution in [-0.2, 0) is 0 Å². The van der Waals surface area contributed by atoms with E-state index in [9.17, 15) is 0 Å². The standard InChI is InChI=1S/C17H23N3S/c1-3-11-18-16(14-9-6-5-7-10-14)15(4-2)21-17-19-12-8-13-20-17/h5-10,12-13,15-16,18H,3-4,11H2,1-2H3. The lowest BCUT2D eigenvalue weighted by Crippen LogP contribution is -2.30. The van der Waals surface area contributed by atoms with Crippen molar-refractivity contribution in [3.8, 4) is 0 Å². The molecule has 0 radical (unpaired) electrons. The molecule has 1 aromatic heterocycles. The van der Waals surface area contributed by atoms with Crippen LogP contribution in [0.4, 0.5) is 0 Å². The van der Waals surface area contributed by atoms with E-state index in [1.54, 1.807) is 24.2 Å². The fraction of sp³-hybridized carbons (Fsp3) is 0.412. The Kier molecular flexibility index (Phi) is 6.70. The van der Waals surface area contributed by atoms with Crippen molar-refractivity contribution in [2.24, 2.45) is 0 Å². The van der Waals surface area contributed by atoms with E-state index in [0.717, 1.165) is 24.5 Å². The molecule has 2 unspecified atom stereocenters. The predicted molar refractivity (Wildman–Crippen MR) is 89.4 cm³/mol. The van der Waals surface area contributed by atoms with Crippen molar-refractivity contribution >= 4 is 11.8 Å². The first kappa shape index (κ1) is 16.0. The molecule has 1 heterocycles. The van der Waals surface area contributed by atoms with Crippen LogP contribution in [0.15, 0.2) is 53.9 Å². The molecule has 2 aromatic rings. The van der Waals surface area contributed by atoms with Gasteiger partial charge in [-0.25, -0.2) is 9.97 Å². The number of thioether (sulfide) groups is 1. The fourth-order valence-corrected chi connectivity index (χ4v) is 3.36. The second-order valence-corrected chi connectivity index (χ2v) is 6.14. The van der Waals surface area contributed by atoms with Gasteiger partial charge < -0.3 is 5.32 Å². The van der Waals surface area contributed by atoms with Gasteiger partial charge in [-0.15, -0.1) is 0 Å². The molecule has 0 amide bonds. The minimum absolute atomic E-state index is 0.324. The first-order valence-electron chi connectivity index (χ1n) is 7.57. The summed E-state index contributed by atoms with van der Waals surface area (Å²) in [6.45, 7) is 5.44. The third-order valence-corrected chi connectivity index (χ3v) is 4.68. The molecule has 2 atom stereocenters. The fourth-order valence-electron chi connectivity index (χ4n) is 2.29. The molecule has 0 aliphatic carbocycles. The van der Waals surface area contributed by atoms with E-state index in [1.165, 1.54) is 5.56 Å². The second-order valence-electron chi connectivity index (χ2n) is 4.94. The molecule has 0 spiro atoms. The molecule has 0 bridgehead atoms. The predicted octanol–water partition coefficient (Wildman–Crippen LogP) is 4.09. The number of hydrogen-bond acceptors (Lipinski definition) is 4. The molecule has 3 nitrogen and oxygen atoms in total. The van der Waals surface area contributed by atoms with Crippen LogP contribution >= 0.6 is 11.8 Å². The Labute approximate surface area is 131 Å². The highest BCUT2D eigenvalue weighted by molar-refractivity contribution is 7.99. The third kappa shape index (κ3) is 4.83. The van der Waals surface area contributed by atoms with Gasteiger partial charge in [0.05, 0.1) is 0 Å². The van der Waals surface area contributed by atoms with Crippen LogP contribution < -0.4 is 5.32 Å². The number of benzene rings is 1. The molecule has 21 heavy (non-hydrogen) atoms. The summed E-state index contributed by atoms with van der Waals surface area (Å²) in [5.74, 6) is 0. The molecule has 0 aliphatic heterocycles. The summed E-state index contributed by atoms with van der Waals surface area (Å²) in [5.41, 5.74) is 1.33. The Morgan fingerprint density at radius 3 is 2.38 bits per heavy atom. The van der Waals surface area contributed by atoms with Gasteiger partial charge in [-0.1, -0.05) is 55.9 Å². The van der Waals surface area contributed by atoms with Crippen molar-refractivity contribution in [2.45, 2.75) is 43.1 Å².